The fourth-order valence-corrected chi connectivity index (χ4v) is 2.15. The minimum Gasteiger partial charge on any atom is -0.403 e. The molecule has 0 spiro atoms. The third-order valence-electron chi connectivity index (χ3n) is 2.85. The van der Waals surface area contributed by atoms with Crippen LogP contribution in [0.3, 0.4) is 0 Å². The van der Waals surface area contributed by atoms with Gasteiger partial charge in [-0.3, -0.25) is 4.99 Å². The highest BCUT2D eigenvalue weighted by Crippen LogP contribution is 2.36. The number of hydrogen-bond acceptors (Lipinski definition) is 2. The van der Waals surface area contributed by atoms with Gasteiger partial charge in [0.2, 0.25) is 0 Å². The smallest absolute Gasteiger partial charge is 0.0422 e. The van der Waals surface area contributed by atoms with E-state index in [1.165, 1.54) is 11.9 Å². The van der Waals surface area contributed by atoms with Gasteiger partial charge in [-0.15, -0.1) is 0 Å². The van der Waals surface area contributed by atoms with E-state index in [-0.39, 0.29) is 10.8 Å². The molecule has 0 amide bonds. The van der Waals surface area contributed by atoms with Gasteiger partial charge in [-0.25, -0.2) is 0 Å². The molecule has 0 aromatic carbocycles. The molecule has 0 aliphatic rings. The van der Waals surface area contributed by atoms with Crippen LogP contribution in [0.25, 0.3) is 0 Å². The lowest BCUT2D eigenvalue weighted by atomic mass is 9.69. The van der Waals surface area contributed by atoms with Crippen LogP contribution >= 0.6 is 0 Å². The Morgan fingerprint density at radius 3 is 1.94 bits per heavy atom. The Morgan fingerprint density at radius 1 is 1.19 bits per heavy atom. The van der Waals surface area contributed by atoms with Gasteiger partial charge in [0.25, 0.3) is 0 Å². The quantitative estimate of drug-likeness (QED) is 0.724. The van der Waals surface area contributed by atoms with Crippen molar-refractivity contribution in [2.24, 2.45) is 27.5 Å². The highest BCUT2D eigenvalue weighted by molar-refractivity contribution is 5.92. The highest BCUT2D eigenvalue weighted by Gasteiger charge is 2.33. The lowest BCUT2D eigenvalue weighted by Gasteiger charge is -2.36. The molecule has 0 aliphatic carbocycles. The van der Waals surface area contributed by atoms with E-state index in [2.05, 4.69) is 53.5 Å². The van der Waals surface area contributed by atoms with Crippen molar-refractivity contribution in [1.29, 1.82) is 0 Å². The summed E-state index contributed by atoms with van der Waals surface area (Å²) in [6, 6.07) is 0. The van der Waals surface area contributed by atoms with Gasteiger partial charge >= 0.3 is 0 Å². The molecular formula is C14H28N2. The Labute approximate surface area is 101 Å². The first-order valence-corrected chi connectivity index (χ1v) is 6.09. The van der Waals surface area contributed by atoms with Crippen LogP contribution in [-0.2, 0) is 0 Å². The molecule has 2 heteroatoms. The molecule has 2 N–H and O–H groups in total. The standard InChI is InChI=1S/C14H28N2/c1-8-11(13(2,3)4)12(14(5,6)7)16-10-9-15/h9-11H,8,15H2,1-7H3/b10-9-,16-12+. The van der Waals surface area contributed by atoms with Crippen LogP contribution in [0.1, 0.15) is 54.9 Å². The van der Waals surface area contributed by atoms with Gasteiger partial charge in [-0.2, -0.15) is 0 Å². The maximum absolute atomic E-state index is 5.38. The lowest BCUT2D eigenvalue weighted by molar-refractivity contribution is 0.289. The van der Waals surface area contributed by atoms with Crippen LogP contribution in [0, 0.1) is 16.7 Å². The average Bonchev–Trinajstić information content (AvgIpc) is 2.07. The summed E-state index contributed by atoms with van der Waals surface area (Å²) in [5, 5.41) is 0. The topological polar surface area (TPSA) is 38.4 Å². The van der Waals surface area contributed by atoms with Gasteiger partial charge in [0.1, 0.15) is 0 Å². The van der Waals surface area contributed by atoms with E-state index >= 15 is 0 Å². The number of nitrogens with two attached hydrogens (primary N) is 1. The van der Waals surface area contributed by atoms with E-state index in [0.29, 0.717) is 5.92 Å². The second-order valence-corrected chi connectivity index (χ2v) is 6.43. The third-order valence-corrected chi connectivity index (χ3v) is 2.85. The van der Waals surface area contributed by atoms with Crippen molar-refractivity contribution in [1.82, 2.24) is 0 Å². The number of aliphatic imine (C=N–C) groups is 1. The molecule has 0 radical (unpaired) electrons. The summed E-state index contributed by atoms with van der Waals surface area (Å²) in [6.45, 7) is 15.7. The monoisotopic (exact) mass is 224 g/mol. The number of hydrogen-bond donors (Lipinski definition) is 1. The van der Waals surface area contributed by atoms with Crippen LogP contribution in [-0.4, -0.2) is 5.71 Å². The fraction of sp³-hybridized carbons (Fsp3) is 0.786. The number of rotatable bonds is 3. The highest BCUT2D eigenvalue weighted by atomic mass is 14.8. The van der Waals surface area contributed by atoms with E-state index in [1.807, 2.05) is 0 Å². The molecule has 0 saturated heterocycles. The van der Waals surface area contributed by atoms with Crippen molar-refractivity contribution < 1.29 is 0 Å². The molecule has 0 fully saturated rings. The maximum Gasteiger partial charge on any atom is 0.0422 e. The van der Waals surface area contributed by atoms with Crippen molar-refractivity contribution >= 4 is 5.71 Å². The summed E-state index contributed by atoms with van der Waals surface area (Å²) < 4.78 is 0. The predicted molar refractivity (Wildman–Crippen MR) is 73.5 cm³/mol. The summed E-state index contributed by atoms with van der Waals surface area (Å²) in [6.07, 6.45) is 4.31. The minimum atomic E-state index is 0.0907. The summed E-state index contributed by atoms with van der Waals surface area (Å²) >= 11 is 0. The van der Waals surface area contributed by atoms with Crippen molar-refractivity contribution in [2.75, 3.05) is 0 Å². The second kappa shape index (κ2) is 5.51. The lowest BCUT2D eigenvalue weighted by Crippen LogP contribution is -2.36. The van der Waals surface area contributed by atoms with Crippen LogP contribution in [0.5, 0.6) is 0 Å². The first-order chi connectivity index (χ1) is 7.14. The van der Waals surface area contributed by atoms with Gasteiger partial charge in [-0.05, 0) is 11.8 Å². The zero-order valence-corrected chi connectivity index (χ0v) is 12.0. The Morgan fingerprint density at radius 2 is 1.69 bits per heavy atom. The van der Waals surface area contributed by atoms with Gasteiger partial charge < -0.3 is 5.73 Å². The summed E-state index contributed by atoms with van der Waals surface area (Å²) in [5.41, 5.74) is 6.95. The summed E-state index contributed by atoms with van der Waals surface area (Å²) in [5.74, 6) is 0.490. The van der Waals surface area contributed by atoms with Crippen molar-refractivity contribution in [2.45, 2.75) is 54.9 Å². The summed E-state index contributed by atoms with van der Waals surface area (Å²) in [4.78, 5) is 4.56. The molecule has 0 saturated carbocycles. The first-order valence-electron chi connectivity index (χ1n) is 6.09. The summed E-state index contributed by atoms with van der Waals surface area (Å²) in [7, 11) is 0. The van der Waals surface area contributed by atoms with Crippen molar-refractivity contribution in [3.63, 3.8) is 0 Å². The molecule has 0 aromatic heterocycles. The van der Waals surface area contributed by atoms with E-state index in [0.717, 1.165) is 6.42 Å². The largest absolute Gasteiger partial charge is 0.403 e. The Hall–Kier alpha value is -0.790. The molecule has 0 aliphatic heterocycles. The number of nitrogens with zero attached hydrogens (tertiary/aromatic N) is 1. The molecule has 0 aromatic rings. The SMILES string of the molecule is CCC(/C(=N\C=C/N)C(C)(C)C)C(C)(C)C. The van der Waals surface area contributed by atoms with Crippen LogP contribution in [0.2, 0.25) is 0 Å². The Balaban J connectivity index is 5.33. The molecule has 0 rings (SSSR count). The fourth-order valence-electron chi connectivity index (χ4n) is 2.15. The molecule has 1 atom stereocenters. The molecule has 2 nitrogen and oxygen atoms in total. The predicted octanol–water partition coefficient (Wildman–Crippen LogP) is 3.98. The van der Waals surface area contributed by atoms with Crippen LogP contribution in [0.4, 0.5) is 0 Å². The molecule has 16 heavy (non-hydrogen) atoms. The molecule has 0 bridgehead atoms. The zero-order valence-electron chi connectivity index (χ0n) is 12.0. The molecular weight excluding hydrogens is 196 g/mol. The molecule has 1 unspecified atom stereocenters. The molecule has 0 heterocycles. The zero-order chi connectivity index (χ0) is 13.0. The second-order valence-electron chi connectivity index (χ2n) is 6.43. The van der Waals surface area contributed by atoms with E-state index < -0.39 is 0 Å². The third kappa shape index (κ3) is 4.38. The van der Waals surface area contributed by atoms with Crippen LogP contribution in [0.15, 0.2) is 17.4 Å². The first kappa shape index (κ1) is 15.2. The van der Waals surface area contributed by atoms with E-state index in [9.17, 15) is 0 Å². The minimum absolute atomic E-state index is 0.0907. The van der Waals surface area contributed by atoms with E-state index in [4.69, 9.17) is 5.73 Å². The normalized spacial score (nSPS) is 16.8. The Bertz CT molecular complexity index is 261. The van der Waals surface area contributed by atoms with Gasteiger partial charge in [0, 0.05) is 29.4 Å². The van der Waals surface area contributed by atoms with Crippen molar-refractivity contribution in [3.8, 4) is 0 Å². The van der Waals surface area contributed by atoms with E-state index in [1.54, 1.807) is 6.20 Å². The van der Waals surface area contributed by atoms with Crippen LogP contribution < -0.4 is 5.73 Å². The van der Waals surface area contributed by atoms with Gasteiger partial charge in [-0.1, -0.05) is 48.5 Å². The molecule has 94 valence electrons. The Kier molecular flexibility index (Phi) is 5.24. The average molecular weight is 224 g/mol. The van der Waals surface area contributed by atoms with Gasteiger partial charge in [0.05, 0.1) is 0 Å². The van der Waals surface area contributed by atoms with Gasteiger partial charge in [0.15, 0.2) is 0 Å². The van der Waals surface area contributed by atoms with Crippen molar-refractivity contribution in [3.05, 3.63) is 12.4 Å². The maximum atomic E-state index is 5.38.